The highest BCUT2D eigenvalue weighted by Crippen LogP contribution is 2.37. The SMILES string of the molecule is Cc1ccccc1CN1C(=O)NC(=O)C12CCCCCC2. The van der Waals surface area contributed by atoms with Crippen LogP contribution in [0, 0.1) is 6.92 Å². The molecule has 0 atom stereocenters. The first kappa shape index (κ1) is 14.1. The average molecular weight is 286 g/mol. The minimum atomic E-state index is -0.615. The topological polar surface area (TPSA) is 49.4 Å². The van der Waals surface area contributed by atoms with Gasteiger partial charge in [0.15, 0.2) is 0 Å². The van der Waals surface area contributed by atoms with E-state index in [1.54, 1.807) is 4.90 Å². The van der Waals surface area contributed by atoms with Gasteiger partial charge >= 0.3 is 6.03 Å². The van der Waals surface area contributed by atoms with Crippen molar-refractivity contribution in [2.24, 2.45) is 0 Å². The third kappa shape index (κ3) is 2.43. The van der Waals surface area contributed by atoms with Crippen LogP contribution < -0.4 is 5.32 Å². The number of urea groups is 1. The number of rotatable bonds is 2. The highest BCUT2D eigenvalue weighted by Gasteiger charge is 2.52. The van der Waals surface area contributed by atoms with E-state index in [9.17, 15) is 9.59 Å². The van der Waals surface area contributed by atoms with E-state index in [2.05, 4.69) is 5.32 Å². The Morgan fingerprint density at radius 2 is 1.76 bits per heavy atom. The number of benzene rings is 1. The number of aryl methyl sites for hydroxylation is 1. The van der Waals surface area contributed by atoms with Crippen LogP contribution in [-0.2, 0) is 11.3 Å². The molecule has 0 unspecified atom stereocenters. The Hall–Kier alpha value is -1.84. The highest BCUT2D eigenvalue weighted by molar-refractivity contribution is 6.07. The second kappa shape index (κ2) is 5.51. The van der Waals surface area contributed by atoms with Gasteiger partial charge in [0.05, 0.1) is 0 Å². The molecule has 0 radical (unpaired) electrons. The monoisotopic (exact) mass is 286 g/mol. The number of carbonyl (C=O) groups is 2. The van der Waals surface area contributed by atoms with Crippen molar-refractivity contribution in [3.05, 3.63) is 35.4 Å². The predicted molar refractivity (Wildman–Crippen MR) is 80.7 cm³/mol. The second-order valence-electron chi connectivity index (χ2n) is 6.22. The number of imide groups is 1. The van der Waals surface area contributed by atoms with Crippen molar-refractivity contribution in [2.45, 2.75) is 57.5 Å². The number of hydrogen-bond acceptors (Lipinski definition) is 2. The molecule has 1 aliphatic heterocycles. The average Bonchev–Trinajstić information content (AvgIpc) is 2.65. The molecule has 1 N–H and O–H groups in total. The Labute approximate surface area is 125 Å². The van der Waals surface area contributed by atoms with E-state index in [1.807, 2.05) is 31.2 Å². The van der Waals surface area contributed by atoms with E-state index in [1.165, 1.54) is 0 Å². The summed E-state index contributed by atoms with van der Waals surface area (Å²) in [6, 6.07) is 7.83. The molecular weight excluding hydrogens is 264 g/mol. The van der Waals surface area contributed by atoms with E-state index >= 15 is 0 Å². The van der Waals surface area contributed by atoms with Gasteiger partial charge in [-0.05, 0) is 30.9 Å². The minimum Gasteiger partial charge on any atom is -0.305 e. The van der Waals surface area contributed by atoms with E-state index in [0.29, 0.717) is 6.54 Å². The van der Waals surface area contributed by atoms with Crippen LogP contribution in [-0.4, -0.2) is 22.4 Å². The summed E-state index contributed by atoms with van der Waals surface area (Å²) >= 11 is 0. The zero-order chi connectivity index (χ0) is 14.9. The first-order chi connectivity index (χ1) is 10.1. The molecule has 1 aromatic rings. The summed E-state index contributed by atoms with van der Waals surface area (Å²) in [5.74, 6) is -0.0945. The molecule has 3 rings (SSSR count). The number of hydrogen-bond donors (Lipinski definition) is 1. The van der Waals surface area contributed by atoms with Crippen molar-refractivity contribution < 1.29 is 9.59 Å². The molecule has 1 aliphatic carbocycles. The molecular formula is C17H22N2O2. The van der Waals surface area contributed by atoms with E-state index in [4.69, 9.17) is 0 Å². The normalized spacial score (nSPS) is 21.5. The van der Waals surface area contributed by atoms with Crippen molar-refractivity contribution >= 4 is 11.9 Å². The molecule has 1 spiro atoms. The van der Waals surface area contributed by atoms with Gasteiger partial charge in [0.25, 0.3) is 5.91 Å². The van der Waals surface area contributed by atoms with Crippen molar-refractivity contribution in [1.82, 2.24) is 10.2 Å². The Morgan fingerprint density at radius 3 is 2.43 bits per heavy atom. The van der Waals surface area contributed by atoms with Gasteiger partial charge in [-0.15, -0.1) is 0 Å². The summed E-state index contributed by atoms with van der Waals surface area (Å²) in [6.07, 6.45) is 5.92. The standard InChI is InChI=1S/C17H22N2O2/c1-13-8-4-5-9-14(13)12-19-16(21)18-15(20)17(19)10-6-2-3-7-11-17/h4-5,8-9H,2-3,6-7,10-12H2,1H3,(H,18,20,21). The largest absolute Gasteiger partial charge is 0.325 e. The van der Waals surface area contributed by atoms with E-state index in [0.717, 1.165) is 49.7 Å². The molecule has 21 heavy (non-hydrogen) atoms. The highest BCUT2D eigenvalue weighted by atomic mass is 16.2. The van der Waals surface area contributed by atoms with Crippen molar-refractivity contribution in [3.8, 4) is 0 Å². The van der Waals surface area contributed by atoms with Crippen molar-refractivity contribution in [1.29, 1.82) is 0 Å². The number of nitrogens with one attached hydrogen (secondary N) is 1. The van der Waals surface area contributed by atoms with Crippen LogP contribution in [0.15, 0.2) is 24.3 Å². The fourth-order valence-corrected chi connectivity index (χ4v) is 3.59. The molecule has 1 heterocycles. The van der Waals surface area contributed by atoms with E-state index < -0.39 is 5.54 Å². The summed E-state index contributed by atoms with van der Waals surface area (Å²) in [7, 11) is 0. The van der Waals surface area contributed by atoms with Crippen LogP contribution in [0.3, 0.4) is 0 Å². The maximum Gasteiger partial charge on any atom is 0.325 e. The molecule has 112 valence electrons. The molecule has 4 heteroatoms. The quantitative estimate of drug-likeness (QED) is 0.849. The van der Waals surface area contributed by atoms with Crippen LogP contribution in [0.4, 0.5) is 4.79 Å². The Morgan fingerprint density at radius 1 is 1.10 bits per heavy atom. The number of nitrogens with zero attached hydrogens (tertiary/aromatic N) is 1. The van der Waals surface area contributed by atoms with Crippen LogP contribution >= 0.6 is 0 Å². The van der Waals surface area contributed by atoms with Crippen LogP contribution in [0.2, 0.25) is 0 Å². The fourth-order valence-electron chi connectivity index (χ4n) is 3.59. The van der Waals surface area contributed by atoms with Gasteiger partial charge in [0.1, 0.15) is 5.54 Å². The van der Waals surface area contributed by atoms with Crippen molar-refractivity contribution in [3.63, 3.8) is 0 Å². The zero-order valence-electron chi connectivity index (χ0n) is 12.5. The summed E-state index contributed by atoms with van der Waals surface area (Å²) in [6.45, 7) is 2.56. The lowest BCUT2D eigenvalue weighted by atomic mass is 9.88. The van der Waals surface area contributed by atoms with Crippen LogP contribution in [0.5, 0.6) is 0 Å². The smallest absolute Gasteiger partial charge is 0.305 e. The van der Waals surface area contributed by atoms with E-state index in [-0.39, 0.29) is 11.9 Å². The maximum atomic E-state index is 12.4. The molecule has 2 aliphatic rings. The van der Waals surface area contributed by atoms with Gasteiger partial charge < -0.3 is 4.90 Å². The van der Waals surface area contributed by atoms with Crippen molar-refractivity contribution in [2.75, 3.05) is 0 Å². The molecule has 1 saturated carbocycles. The molecule has 1 saturated heterocycles. The number of amides is 3. The Kier molecular flexibility index (Phi) is 3.70. The van der Waals surface area contributed by atoms with Gasteiger partial charge in [-0.25, -0.2) is 4.79 Å². The fraction of sp³-hybridized carbons (Fsp3) is 0.529. The third-order valence-electron chi connectivity index (χ3n) is 4.93. The predicted octanol–water partition coefficient (Wildman–Crippen LogP) is 3.14. The summed E-state index contributed by atoms with van der Waals surface area (Å²) in [5.41, 5.74) is 1.66. The van der Waals surface area contributed by atoms with Gasteiger partial charge in [-0.1, -0.05) is 49.9 Å². The van der Waals surface area contributed by atoms with Crippen LogP contribution in [0.25, 0.3) is 0 Å². The summed E-state index contributed by atoms with van der Waals surface area (Å²) in [4.78, 5) is 26.5. The number of carbonyl (C=O) groups excluding carboxylic acids is 2. The molecule has 2 fully saturated rings. The molecule has 3 amide bonds. The van der Waals surface area contributed by atoms with Gasteiger partial charge in [-0.2, -0.15) is 0 Å². The molecule has 1 aromatic carbocycles. The lowest BCUT2D eigenvalue weighted by Crippen LogP contribution is -2.48. The lowest BCUT2D eigenvalue weighted by molar-refractivity contribution is -0.127. The van der Waals surface area contributed by atoms with Gasteiger partial charge in [0, 0.05) is 6.54 Å². The first-order valence-corrected chi connectivity index (χ1v) is 7.81. The molecule has 4 nitrogen and oxygen atoms in total. The first-order valence-electron chi connectivity index (χ1n) is 7.81. The summed E-state index contributed by atoms with van der Waals surface area (Å²) < 4.78 is 0. The van der Waals surface area contributed by atoms with Gasteiger partial charge in [-0.3, -0.25) is 10.1 Å². The van der Waals surface area contributed by atoms with Gasteiger partial charge in [0.2, 0.25) is 0 Å². The minimum absolute atomic E-state index is 0.0945. The maximum absolute atomic E-state index is 12.4. The molecule has 0 aromatic heterocycles. The summed E-state index contributed by atoms with van der Waals surface area (Å²) in [5, 5.41) is 2.54. The Bertz CT molecular complexity index is 560. The lowest BCUT2D eigenvalue weighted by Gasteiger charge is -2.34. The second-order valence-corrected chi connectivity index (χ2v) is 6.22. The van der Waals surface area contributed by atoms with Crippen LogP contribution in [0.1, 0.15) is 49.7 Å². The Balaban J connectivity index is 1.92. The third-order valence-corrected chi connectivity index (χ3v) is 4.93. The zero-order valence-corrected chi connectivity index (χ0v) is 12.5. The molecule has 0 bridgehead atoms.